The van der Waals surface area contributed by atoms with E-state index < -0.39 is 0 Å². The molecule has 0 fully saturated rings. The molecule has 0 aromatic rings. The first kappa shape index (κ1) is 23.1. The van der Waals surface area contributed by atoms with Gasteiger partial charge < -0.3 is 9.47 Å². The minimum Gasteiger partial charge on any atom is -0.357 e. The molecule has 0 aliphatic carbocycles. The van der Waals surface area contributed by atoms with Gasteiger partial charge in [-0.3, -0.25) is 0 Å². The van der Waals surface area contributed by atoms with Crippen LogP contribution in [0.4, 0.5) is 0 Å². The van der Waals surface area contributed by atoms with E-state index in [1.54, 1.807) is 0 Å². The summed E-state index contributed by atoms with van der Waals surface area (Å²) in [4.78, 5) is 0. The van der Waals surface area contributed by atoms with Gasteiger partial charge in [-0.1, -0.05) is 96.4 Å². The van der Waals surface area contributed by atoms with Crippen molar-refractivity contribution in [1.82, 2.24) is 0 Å². The summed E-state index contributed by atoms with van der Waals surface area (Å²) in [5.41, 5.74) is 0. The molecular weight excluding hydrogens is 300 g/mol. The van der Waals surface area contributed by atoms with Gasteiger partial charge in [0.2, 0.25) is 0 Å². The van der Waals surface area contributed by atoms with Crippen LogP contribution in [0, 0.1) is 0 Å². The van der Waals surface area contributed by atoms with Crippen LogP contribution in [0.5, 0.6) is 0 Å². The van der Waals surface area contributed by atoms with Crippen molar-refractivity contribution < 1.29 is 9.47 Å². The van der Waals surface area contributed by atoms with Gasteiger partial charge in [0.1, 0.15) is 5.91 Å². The number of ether oxygens (including phenoxy) is 2. The second-order valence-corrected chi connectivity index (χ2v) is 8.68. The second-order valence-electron chi connectivity index (χ2n) is 6.73. The van der Waals surface area contributed by atoms with E-state index in [1.807, 2.05) is 0 Å². The molecule has 0 atom stereocenters. The SMILES string of the molecule is CCCCCCCCCCCCCCC[SiH2]C(OCC)OCC. The van der Waals surface area contributed by atoms with Crippen molar-refractivity contribution in [3.05, 3.63) is 0 Å². The van der Waals surface area contributed by atoms with Crippen LogP contribution in [0.2, 0.25) is 6.04 Å². The molecule has 0 heterocycles. The highest BCUT2D eigenvalue weighted by atomic mass is 28.2. The van der Waals surface area contributed by atoms with Gasteiger partial charge in [-0.05, 0) is 13.8 Å². The van der Waals surface area contributed by atoms with Gasteiger partial charge in [0.05, 0.1) is 9.52 Å². The Balaban J connectivity index is 3.15. The summed E-state index contributed by atoms with van der Waals surface area (Å²) in [7, 11) is -0.201. The lowest BCUT2D eigenvalue weighted by atomic mass is 10.1. The van der Waals surface area contributed by atoms with Crippen molar-refractivity contribution in [2.45, 2.75) is 116 Å². The van der Waals surface area contributed by atoms with E-state index in [0.29, 0.717) is 0 Å². The topological polar surface area (TPSA) is 18.5 Å². The van der Waals surface area contributed by atoms with Gasteiger partial charge >= 0.3 is 0 Å². The van der Waals surface area contributed by atoms with E-state index in [4.69, 9.17) is 9.47 Å². The molecule has 0 radical (unpaired) electrons. The summed E-state index contributed by atoms with van der Waals surface area (Å²) in [6.45, 7) is 7.99. The van der Waals surface area contributed by atoms with Crippen molar-refractivity contribution >= 4 is 9.52 Å². The molecule has 140 valence electrons. The van der Waals surface area contributed by atoms with E-state index >= 15 is 0 Å². The van der Waals surface area contributed by atoms with Gasteiger partial charge in [-0.15, -0.1) is 0 Å². The third-order valence-electron chi connectivity index (χ3n) is 4.50. The van der Waals surface area contributed by atoms with Crippen molar-refractivity contribution in [3.8, 4) is 0 Å². The molecule has 0 unspecified atom stereocenters. The molecule has 0 amide bonds. The average molecular weight is 345 g/mol. The van der Waals surface area contributed by atoms with E-state index in [9.17, 15) is 0 Å². The smallest absolute Gasteiger partial charge is 0.134 e. The molecule has 0 rings (SSSR count). The molecule has 0 saturated carbocycles. The van der Waals surface area contributed by atoms with Crippen LogP contribution in [0.15, 0.2) is 0 Å². The maximum atomic E-state index is 5.64. The quantitative estimate of drug-likeness (QED) is 0.162. The van der Waals surface area contributed by atoms with E-state index in [0.717, 1.165) is 13.2 Å². The number of hydrogen-bond acceptors (Lipinski definition) is 2. The minimum atomic E-state index is -0.201. The van der Waals surface area contributed by atoms with Crippen LogP contribution < -0.4 is 0 Å². The average Bonchev–Trinajstić information content (AvgIpc) is 2.55. The lowest BCUT2D eigenvalue weighted by molar-refractivity contribution is -0.0827. The van der Waals surface area contributed by atoms with Crippen molar-refractivity contribution in [3.63, 3.8) is 0 Å². The Labute approximate surface area is 148 Å². The predicted octanol–water partition coefficient (Wildman–Crippen LogP) is 6.02. The zero-order valence-electron chi connectivity index (χ0n) is 16.4. The third-order valence-corrected chi connectivity index (χ3v) is 6.35. The largest absolute Gasteiger partial charge is 0.357 e. The molecule has 0 aliphatic rings. The summed E-state index contributed by atoms with van der Waals surface area (Å²) < 4.78 is 11.3. The van der Waals surface area contributed by atoms with Crippen LogP contribution in [-0.2, 0) is 9.47 Å². The lowest BCUT2D eigenvalue weighted by Crippen LogP contribution is -2.24. The Hall–Kier alpha value is 0.137. The van der Waals surface area contributed by atoms with Crippen LogP contribution in [0.3, 0.4) is 0 Å². The highest BCUT2D eigenvalue weighted by Crippen LogP contribution is 2.13. The van der Waals surface area contributed by atoms with Crippen LogP contribution in [0.25, 0.3) is 0 Å². The van der Waals surface area contributed by atoms with Gasteiger partial charge in [-0.2, -0.15) is 0 Å². The van der Waals surface area contributed by atoms with Crippen LogP contribution in [-0.4, -0.2) is 28.6 Å². The minimum absolute atomic E-state index is 0.169. The molecular formula is C20H44O2Si. The van der Waals surface area contributed by atoms with Gasteiger partial charge in [0.15, 0.2) is 0 Å². The first-order valence-corrected chi connectivity index (χ1v) is 12.4. The van der Waals surface area contributed by atoms with Crippen molar-refractivity contribution in [2.75, 3.05) is 13.2 Å². The summed E-state index contributed by atoms with van der Waals surface area (Å²) in [5.74, 6) is 0.169. The highest BCUT2D eigenvalue weighted by molar-refractivity contribution is 6.36. The van der Waals surface area contributed by atoms with E-state index in [2.05, 4.69) is 20.8 Å². The highest BCUT2D eigenvalue weighted by Gasteiger charge is 2.07. The zero-order chi connectivity index (χ0) is 17.0. The fraction of sp³-hybridized carbons (Fsp3) is 1.00. The van der Waals surface area contributed by atoms with Crippen molar-refractivity contribution in [2.24, 2.45) is 0 Å². The van der Waals surface area contributed by atoms with E-state index in [-0.39, 0.29) is 15.4 Å². The molecule has 0 spiro atoms. The fourth-order valence-corrected chi connectivity index (χ4v) is 4.87. The number of rotatable bonds is 19. The fourth-order valence-electron chi connectivity index (χ4n) is 3.09. The molecule has 0 aromatic heterocycles. The third kappa shape index (κ3) is 18.3. The lowest BCUT2D eigenvalue weighted by Gasteiger charge is -2.16. The predicted molar refractivity (Wildman–Crippen MR) is 106 cm³/mol. The molecule has 2 nitrogen and oxygen atoms in total. The standard InChI is InChI=1S/C20H44O2Si/c1-4-7-8-9-10-11-12-13-14-15-16-17-18-19-23-20(21-5-2)22-6-3/h20H,4-19,23H2,1-3H3. The Morgan fingerprint density at radius 2 is 0.957 bits per heavy atom. The first-order chi connectivity index (χ1) is 11.3. The first-order valence-electron chi connectivity index (χ1n) is 10.6. The molecule has 0 bridgehead atoms. The summed E-state index contributed by atoms with van der Waals surface area (Å²) >= 11 is 0. The number of unbranched alkanes of at least 4 members (excludes halogenated alkanes) is 12. The van der Waals surface area contributed by atoms with Crippen LogP contribution >= 0.6 is 0 Å². The second kappa shape index (κ2) is 20.2. The van der Waals surface area contributed by atoms with Crippen LogP contribution in [0.1, 0.15) is 104 Å². The molecule has 0 aromatic carbocycles. The summed E-state index contributed by atoms with van der Waals surface area (Å²) in [6.07, 6.45) is 18.7. The Morgan fingerprint density at radius 1 is 0.565 bits per heavy atom. The molecule has 23 heavy (non-hydrogen) atoms. The Morgan fingerprint density at radius 3 is 1.35 bits per heavy atom. The number of hydrogen-bond donors (Lipinski definition) is 0. The molecule has 0 saturated heterocycles. The maximum absolute atomic E-state index is 5.64. The Kier molecular flexibility index (Phi) is 20.3. The zero-order valence-corrected chi connectivity index (χ0v) is 17.8. The Bertz CT molecular complexity index is 206. The van der Waals surface area contributed by atoms with Gasteiger partial charge in [0, 0.05) is 13.2 Å². The van der Waals surface area contributed by atoms with Crippen molar-refractivity contribution in [1.29, 1.82) is 0 Å². The molecule has 3 heteroatoms. The molecule has 0 N–H and O–H groups in total. The van der Waals surface area contributed by atoms with E-state index in [1.165, 1.54) is 89.5 Å². The van der Waals surface area contributed by atoms with Gasteiger partial charge in [0.25, 0.3) is 0 Å². The monoisotopic (exact) mass is 344 g/mol. The molecule has 0 aliphatic heterocycles. The maximum Gasteiger partial charge on any atom is 0.134 e. The summed E-state index contributed by atoms with van der Waals surface area (Å²) in [5, 5.41) is 0. The normalized spacial score (nSPS) is 12.0. The summed E-state index contributed by atoms with van der Waals surface area (Å²) in [6, 6.07) is 1.38. The van der Waals surface area contributed by atoms with Gasteiger partial charge in [-0.25, -0.2) is 0 Å².